The molecule has 1 unspecified atom stereocenters. The molecule has 0 aliphatic heterocycles. The molecule has 0 aliphatic carbocycles. The van der Waals surface area contributed by atoms with Gasteiger partial charge in [0.15, 0.2) is 17.5 Å². The maximum absolute atomic E-state index is 13.0. The van der Waals surface area contributed by atoms with E-state index in [0.717, 1.165) is 12.0 Å². The van der Waals surface area contributed by atoms with Gasteiger partial charge in [0.05, 0.1) is 26.9 Å². The number of nitrogens with one attached hydrogen (secondary N) is 2. The predicted octanol–water partition coefficient (Wildman–Crippen LogP) is 2.67. The highest BCUT2D eigenvalue weighted by Crippen LogP contribution is 2.27. The van der Waals surface area contributed by atoms with Crippen LogP contribution in [0.25, 0.3) is 0 Å². The lowest BCUT2D eigenvalue weighted by molar-refractivity contribution is 0.187. The fourth-order valence-corrected chi connectivity index (χ4v) is 2.67. The average molecular weight is 389 g/mol. The number of aliphatic hydroxyl groups is 1. The summed E-state index contributed by atoms with van der Waals surface area (Å²) in [6.45, 7) is 3.52. The SMILES string of the molecule is CCNC(=NCC(O)c1ccc(F)cc1)NCCc1ccc(OC)c(OC)c1. The molecule has 0 aromatic heterocycles. The normalized spacial score (nSPS) is 12.4. The second-order valence-electron chi connectivity index (χ2n) is 6.15. The van der Waals surface area contributed by atoms with E-state index in [-0.39, 0.29) is 12.4 Å². The highest BCUT2D eigenvalue weighted by molar-refractivity contribution is 5.79. The standard InChI is InChI=1S/C21H28FN3O3/c1-4-23-21(25-14-18(26)16-6-8-17(22)9-7-16)24-12-11-15-5-10-19(27-2)20(13-15)28-3/h5-10,13,18,26H,4,11-12,14H2,1-3H3,(H2,23,24,25). The Morgan fingerprint density at radius 3 is 2.43 bits per heavy atom. The minimum absolute atomic E-state index is 0.178. The Morgan fingerprint density at radius 2 is 1.79 bits per heavy atom. The quantitative estimate of drug-likeness (QED) is 0.454. The third kappa shape index (κ3) is 6.42. The van der Waals surface area contributed by atoms with Gasteiger partial charge in [0, 0.05) is 13.1 Å². The van der Waals surface area contributed by atoms with Crippen molar-refractivity contribution in [2.75, 3.05) is 33.9 Å². The average Bonchev–Trinajstić information content (AvgIpc) is 2.72. The van der Waals surface area contributed by atoms with Gasteiger partial charge in [-0.05, 0) is 48.7 Å². The first kappa shape index (κ1) is 21.5. The van der Waals surface area contributed by atoms with Crippen LogP contribution in [-0.4, -0.2) is 44.9 Å². The van der Waals surface area contributed by atoms with Crippen LogP contribution in [-0.2, 0) is 6.42 Å². The van der Waals surface area contributed by atoms with Gasteiger partial charge in [-0.1, -0.05) is 18.2 Å². The molecule has 0 amide bonds. The van der Waals surface area contributed by atoms with Crippen LogP contribution in [0.15, 0.2) is 47.5 Å². The molecule has 0 saturated carbocycles. The molecule has 0 heterocycles. The van der Waals surface area contributed by atoms with Crippen molar-refractivity contribution >= 4 is 5.96 Å². The smallest absolute Gasteiger partial charge is 0.191 e. The molecule has 2 aromatic rings. The first-order chi connectivity index (χ1) is 13.6. The molecular formula is C21H28FN3O3. The number of hydrogen-bond acceptors (Lipinski definition) is 4. The van der Waals surface area contributed by atoms with Crippen LogP contribution >= 0.6 is 0 Å². The molecule has 2 aromatic carbocycles. The van der Waals surface area contributed by atoms with E-state index >= 15 is 0 Å². The third-order valence-corrected chi connectivity index (χ3v) is 4.18. The van der Waals surface area contributed by atoms with Crippen molar-refractivity contribution in [2.24, 2.45) is 4.99 Å². The summed E-state index contributed by atoms with van der Waals surface area (Å²) < 4.78 is 23.6. The fraction of sp³-hybridized carbons (Fsp3) is 0.381. The van der Waals surface area contributed by atoms with Crippen molar-refractivity contribution in [3.05, 3.63) is 59.4 Å². The second kappa shape index (κ2) is 11.1. The molecule has 152 valence electrons. The van der Waals surface area contributed by atoms with Gasteiger partial charge >= 0.3 is 0 Å². The maximum Gasteiger partial charge on any atom is 0.191 e. The molecule has 3 N–H and O–H groups in total. The van der Waals surface area contributed by atoms with Crippen LogP contribution in [0.5, 0.6) is 11.5 Å². The number of guanidine groups is 1. The first-order valence-electron chi connectivity index (χ1n) is 9.24. The first-order valence-corrected chi connectivity index (χ1v) is 9.24. The van der Waals surface area contributed by atoms with Gasteiger partial charge in [0.25, 0.3) is 0 Å². The molecule has 0 saturated heterocycles. The zero-order chi connectivity index (χ0) is 20.4. The summed E-state index contributed by atoms with van der Waals surface area (Å²) in [5, 5.41) is 16.6. The molecule has 2 rings (SSSR count). The van der Waals surface area contributed by atoms with Crippen molar-refractivity contribution in [1.82, 2.24) is 10.6 Å². The van der Waals surface area contributed by atoms with Gasteiger partial charge in [-0.3, -0.25) is 4.99 Å². The Bertz CT molecular complexity index is 766. The van der Waals surface area contributed by atoms with Crippen molar-refractivity contribution in [3.63, 3.8) is 0 Å². The fourth-order valence-electron chi connectivity index (χ4n) is 2.67. The lowest BCUT2D eigenvalue weighted by Gasteiger charge is -2.14. The summed E-state index contributed by atoms with van der Waals surface area (Å²) in [6.07, 6.45) is -0.0208. The molecule has 0 bridgehead atoms. The van der Waals surface area contributed by atoms with E-state index in [1.165, 1.54) is 12.1 Å². The van der Waals surface area contributed by atoms with Crippen molar-refractivity contribution in [1.29, 1.82) is 0 Å². The van der Waals surface area contributed by atoms with Gasteiger partial charge < -0.3 is 25.2 Å². The highest BCUT2D eigenvalue weighted by atomic mass is 19.1. The van der Waals surface area contributed by atoms with Crippen molar-refractivity contribution in [2.45, 2.75) is 19.4 Å². The van der Waals surface area contributed by atoms with Crippen LogP contribution in [0.3, 0.4) is 0 Å². The van der Waals surface area contributed by atoms with Crippen LogP contribution in [0.2, 0.25) is 0 Å². The zero-order valence-corrected chi connectivity index (χ0v) is 16.5. The number of benzene rings is 2. The molecular weight excluding hydrogens is 361 g/mol. The van der Waals surface area contributed by atoms with Crippen LogP contribution in [0, 0.1) is 5.82 Å². The molecule has 0 fully saturated rings. The lowest BCUT2D eigenvalue weighted by Crippen LogP contribution is -2.38. The summed E-state index contributed by atoms with van der Waals surface area (Å²) in [6, 6.07) is 11.6. The molecule has 6 nitrogen and oxygen atoms in total. The molecule has 0 radical (unpaired) electrons. The van der Waals surface area contributed by atoms with E-state index in [2.05, 4.69) is 15.6 Å². The number of rotatable bonds is 9. The van der Waals surface area contributed by atoms with E-state index in [1.54, 1.807) is 26.4 Å². The Balaban J connectivity index is 1.91. The number of ether oxygens (including phenoxy) is 2. The van der Waals surface area contributed by atoms with E-state index < -0.39 is 6.10 Å². The van der Waals surface area contributed by atoms with Gasteiger partial charge in [-0.15, -0.1) is 0 Å². The number of halogens is 1. The Hall–Kier alpha value is -2.80. The molecule has 0 spiro atoms. The highest BCUT2D eigenvalue weighted by Gasteiger charge is 2.08. The predicted molar refractivity (Wildman–Crippen MR) is 109 cm³/mol. The molecule has 7 heteroatoms. The van der Waals surface area contributed by atoms with E-state index in [0.29, 0.717) is 36.1 Å². The summed E-state index contributed by atoms with van der Waals surface area (Å²) in [4.78, 5) is 4.41. The number of aliphatic imine (C=N–C) groups is 1. The number of methoxy groups -OCH3 is 2. The van der Waals surface area contributed by atoms with Gasteiger partial charge in [0.2, 0.25) is 0 Å². The maximum atomic E-state index is 13.0. The third-order valence-electron chi connectivity index (χ3n) is 4.18. The van der Waals surface area contributed by atoms with Gasteiger partial charge in [-0.2, -0.15) is 0 Å². The van der Waals surface area contributed by atoms with E-state index in [1.807, 2.05) is 25.1 Å². The van der Waals surface area contributed by atoms with E-state index in [4.69, 9.17) is 9.47 Å². The summed E-state index contributed by atoms with van der Waals surface area (Å²) in [5.41, 5.74) is 1.73. The minimum Gasteiger partial charge on any atom is -0.493 e. The van der Waals surface area contributed by atoms with E-state index in [9.17, 15) is 9.50 Å². The summed E-state index contributed by atoms with van der Waals surface area (Å²) in [7, 11) is 3.22. The van der Waals surface area contributed by atoms with Crippen molar-refractivity contribution in [3.8, 4) is 11.5 Å². The molecule has 1 atom stereocenters. The van der Waals surface area contributed by atoms with Gasteiger partial charge in [-0.25, -0.2) is 4.39 Å². The van der Waals surface area contributed by atoms with Crippen LogP contribution < -0.4 is 20.1 Å². The van der Waals surface area contributed by atoms with Crippen LogP contribution in [0.1, 0.15) is 24.2 Å². The monoisotopic (exact) mass is 389 g/mol. The topological polar surface area (TPSA) is 75.1 Å². The second-order valence-corrected chi connectivity index (χ2v) is 6.15. The Labute approximate surface area is 165 Å². The largest absolute Gasteiger partial charge is 0.493 e. The number of nitrogens with zero attached hydrogens (tertiary/aromatic N) is 1. The van der Waals surface area contributed by atoms with Crippen molar-refractivity contribution < 1.29 is 19.0 Å². The lowest BCUT2D eigenvalue weighted by atomic mass is 10.1. The summed E-state index contributed by atoms with van der Waals surface area (Å²) >= 11 is 0. The molecule has 0 aliphatic rings. The zero-order valence-electron chi connectivity index (χ0n) is 16.5. The van der Waals surface area contributed by atoms with Gasteiger partial charge in [0.1, 0.15) is 5.82 Å². The Morgan fingerprint density at radius 1 is 1.07 bits per heavy atom. The number of hydrogen-bond donors (Lipinski definition) is 3. The van der Waals surface area contributed by atoms with Crippen LogP contribution in [0.4, 0.5) is 4.39 Å². The Kier molecular flexibility index (Phi) is 8.55. The summed E-state index contributed by atoms with van der Waals surface area (Å²) in [5.74, 6) is 1.68. The minimum atomic E-state index is -0.790. The number of aliphatic hydroxyl groups excluding tert-OH is 1. The molecule has 28 heavy (non-hydrogen) atoms.